The normalized spacial score (nSPS) is 22.8. The maximum absolute atomic E-state index is 12.8. The van der Waals surface area contributed by atoms with E-state index >= 15 is 0 Å². The lowest BCUT2D eigenvalue weighted by Gasteiger charge is -2.31. The highest BCUT2D eigenvalue weighted by Crippen LogP contribution is 2.33. The van der Waals surface area contributed by atoms with Crippen molar-refractivity contribution in [2.24, 2.45) is 23.5 Å². The average Bonchev–Trinajstić information content (AvgIpc) is 2.65. The van der Waals surface area contributed by atoms with Crippen LogP contribution < -0.4 is 10.5 Å². The lowest BCUT2D eigenvalue weighted by molar-refractivity contribution is 0.218. The van der Waals surface area contributed by atoms with E-state index in [4.69, 9.17) is 5.73 Å². The quantitative estimate of drug-likeness (QED) is 0.828. The van der Waals surface area contributed by atoms with Gasteiger partial charge in [-0.15, -0.1) is 0 Å². The number of nitrogens with two attached hydrogens (primary N) is 1. The van der Waals surface area contributed by atoms with Crippen molar-refractivity contribution in [3.63, 3.8) is 0 Å². The van der Waals surface area contributed by atoms with Gasteiger partial charge >= 0.3 is 0 Å². The first kappa shape index (κ1) is 18.4. The van der Waals surface area contributed by atoms with E-state index in [1.54, 1.807) is 12.1 Å². The zero-order valence-corrected chi connectivity index (χ0v) is 15.6. The van der Waals surface area contributed by atoms with Crippen LogP contribution in [0.5, 0.6) is 0 Å². The molecule has 3 N–H and O–H groups in total. The fourth-order valence-electron chi connectivity index (χ4n) is 3.89. The Morgan fingerprint density at radius 1 is 1.08 bits per heavy atom. The van der Waals surface area contributed by atoms with Crippen LogP contribution in [0.1, 0.15) is 32.6 Å². The number of benzene rings is 2. The lowest BCUT2D eigenvalue weighted by Crippen LogP contribution is -2.33. The lowest BCUT2D eigenvalue weighted by atomic mass is 9.76. The van der Waals surface area contributed by atoms with Gasteiger partial charge in [0.2, 0.25) is 10.0 Å². The van der Waals surface area contributed by atoms with Gasteiger partial charge in [-0.05, 0) is 61.4 Å². The van der Waals surface area contributed by atoms with Crippen LogP contribution in [0.4, 0.5) is 0 Å². The summed E-state index contributed by atoms with van der Waals surface area (Å²) in [6.45, 7) is 3.48. The van der Waals surface area contributed by atoms with Crippen molar-refractivity contribution in [3.8, 4) is 0 Å². The summed E-state index contributed by atoms with van der Waals surface area (Å²) in [6, 6.07) is 13.0. The summed E-state index contributed by atoms with van der Waals surface area (Å²) >= 11 is 0. The molecule has 0 bridgehead atoms. The predicted molar refractivity (Wildman–Crippen MR) is 103 cm³/mol. The highest BCUT2D eigenvalue weighted by atomic mass is 32.2. The van der Waals surface area contributed by atoms with Crippen LogP contribution in [0.15, 0.2) is 47.4 Å². The van der Waals surface area contributed by atoms with Gasteiger partial charge in [-0.1, -0.05) is 43.3 Å². The van der Waals surface area contributed by atoms with Gasteiger partial charge in [0.25, 0.3) is 0 Å². The van der Waals surface area contributed by atoms with Crippen molar-refractivity contribution in [1.82, 2.24) is 4.72 Å². The Balaban J connectivity index is 1.65. The molecule has 0 radical (unpaired) electrons. The fourth-order valence-corrected chi connectivity index (χ4v) is 5.23. The van der Waals surface area contributed by atoms with Crippen molar-refractivity contribution in [2.45, 2.75) is 37.5 Å². The smallest absolute Gasteiger partial charge is 0.241 e. The zero-order valence-electron chi connectivity index (χ0n) is 14.8. The van der Waals surface area contributed by atoms with Crippen LogP contribution in [0.25, 0.3) is 10.8 Å². The first-order valence-electron chi connectivity index (χ1n) is 9.18. The summed E-state index contributed by atoms with van der Waals surface area (Å²) in [6.07, 6.45) is 4.46. The van der Waals surface area contributed by atoms with Gasteiger partial charge in [-0.25, -0.2) is 13.1 Å². The summed E-state index contributed by atoms with van der Waals surface area (Å²) in [7, 11) is -3.49. The summed E-state index contributed by atoms with van der Waals surface area (Å²) in [5, 5.41) is 1.72. The molecule has 1 fully saturated rings. The van der Waals surface area contributed by atoms with E-state index < -0.39 is 10.0 Å². The summed E-state index contributed by atoms with van der Waals surface area (Å²) in [5.41, 5.74) is 5.77. The van der Waals surface area contributed by atoms with Gasteiger partial charge in [0.1, 0.15) is 0 Å². The Bertz CT molecular complexity index is 806. The van der Waals surface area contributed by atoms with Crippen molar-refractivity contribution in [2.75, 3.05) is 13.1 Å². The number of sulfonamides is 1. The Kier molecular flexibility index (Phi) is 5.77. The molecule has 2 aromatic rings. The predicted octanol–water partition coefficient (Wildman–Crippen LogP) is 3.52. The molecule has 3 rings (SSSR count). The second-order valence-electron chi connectivity index (χ2n) is 7.32. The molecule has 4 nitrogen and oxygen atoms in total. The Labute approximate surface area is 150 Å². The molecular formula is C20H28N2O2S. The maximum Gasteiger partial charge on any atom is 0.241 e. The van der Waals surface area contributed by atoms with E-state index in [-0.39, 0.29) is 0 Å². The molecule has 0 spiro atoms. The molecule has 1 saturated carbocycles. The number of rotatable bonds is 6. The Morgan fingerprint density at radius 3 is 2.48 bits per heavy atom. The zero-order chi connectivity index (χ0) is 17.9. The average molecular weight is 361 g/mol. The van der Waals surface area contributed by atoms with E-state index in [1.165, 1.54) is 0 Å². The van der Waals surface area contributed by atoms with Crippen molar-refractivity contribution >= 4 is 20.8 Å². The summed E-state index contributed by atoms with van der Waals surface area (Å²) < 4.78 is 28.4. The molecule has 2 aromatic carbocycles. The highest BCUT2D eigenvalue weighted by Gasteiger charge is 2.26. The minimum absolute atomic E-state index is 0.371. The van der Waals surface area contributed by atoms with Gasteiger partial charge < -0.3 is 5.73 Å². The van der Waals surface area contributed by atoms with Crippen LogP contribution >= 0.6 is 0 Å². The SMILES string of the molecule is CC(CN)C1CCC(CNS(=O)(=O)c2cccc3ccccc23)CC1. The third kappa shape index (κ3) is 4.22. The van der Waals surface area contributed by atoms with Crippen LogP contribution in [0, 0.1) is 17.8 Å². The van der Waals surface area contributed by atoms with Crippen LogP contribution in [-0.2, 0) is 10.0 Å². The van der Waals surface area contributed by atoms with Gasteiger partial charge in [-0.3, -0.25) is 0 Å². The topological polar surface area (TPSA) is 72.2 Å². The third-order valence-corrected chi connectivity index (χ3v) is 7.15. The molecule has 0 aliphatic heterocycles. The molecule has 1 aliphatic rings. The van der Waals surface area contributed by atoms with E-state index in [2.05, 4.69) is 11.6 Å². The van der Waals surface area contributed by atoms with Crippen molar-refractivity contribution in [1.29, 1.82) is 0 Å². The first-order chi connectivity index (χ1) is 12.0. The molecule has 25 heavy (non-hydrogen) atoms. The summed E-state index contributed by atoms with van der Waals surface area (Å²) in [4.78, 5) is 0.371. The van der Waals surface area contributed by atoms with Gasteiger partial charge in [0.15, 0.2) is 0 Å². The minimum Gasteiger partial charge on any atom is -0.330 e. The second kappa shape index (κ2) is 7.85. The van der Waals surface area contributed by atoms with Crippen LogP contribution in [-0.4, -0.2) is 21.5 Å². The number of hydrogen-bond acceptors (Lipinski definition) is 3. The van der Waals surface area contributed by atoms with Crippen LogP contribution in [0.3, 0.4) is 0 Å². The molecule has 1 unspecified atom stereocenters. The van der Waals surface area contributed by atoms with E-state index in [1.807, 2.05) is 30.3 Å². The summed E-state index contributed by atoms with van der Waals surface area (Å²) in [5.74, 6) is 1.68. The number of hydrogen-bond donors (Lipinski definition) is 2. The van der Waals surface area contributed by atoms with E-state index in [0.29, 0.717) is 29.2 Å². The Morgan fingerprint density at radius 2 is 1.76 bits per heavy atom. The van der Waals surface area contributed by atoms with E-state index in [0.717, 1.165) is 43.0 Å². The highest BCUT2D eigenvalue weighted by molar-refractivity contribution is 7.89. The number of fused-ring (bicyclic) bond motifs is 1. The van der Waals surface area contributed by atoms with E-state index in [9.17, 15) is 8.42 Å². The monoisotopic (exact) mass is 360 g/mol. The van der Waals surface area contributed by atoms with Crippen LogP contribution in [0.2, 0.25) is 0 Å². The largest absolute Gasteiger partial charge is 0.330 e. The van der Waals surface area contributed by atoms with Gasteiger partial charge in [0.05, 0.1) is 4.90 Å². The van der Waals surface area contributed by atoms with Crippen molar-refractivity contribution in [3.05, 3.63) is 42.5 Å². The maximum atomic E-state index is 12.8. The Hall–Kier alpha value is -1.43. The molecular weight excluding hydrogens is 332 g/mol. The molecule has 0 saturated heterocycles. The molecule has 1 atom stereocenters. The minimum atomic E-state index is -3.49. The standard InChI is InChI=1S/C20H28N2O2S/c1-15(13-21)17-11-9-16(10-12-17)14-22-25(23,24)20-8-4-6-18-5-2-3-7-19(18)20/h2-8,15-17,22H,9-14,21H2,1H3. The molecule has 0 amide bonds. The second-order valence-corrected chi connectivity index (χ2v) is 9.06. The molecule has 1 aliphatic carbocycles. The van der Waals surface area contributed by atoms with Gasteiger partial charge in [-0.2, -0.15) is 0 Å². The first-order valence-corrected chi connectivity index (χ1v) is 10.7. The van der Waals surface area contributed by atoms with Gasteiger partial charge in [0, 0.05) is 11.9 Å². The fraction of sp³-hybridized carbons (Fsp3) is 0.500. The molecule has 5 heteroatoms. The third-order valence-electron chi connectivity index (χ3n) is 5.67. The molecule has 0 aromatic heterocycles. The number of nitrogens with one attached hydrogen (secondary N) is 1. The molecule has 136 valence electrons. The van der Waals surface area contributed by atoms with Crippen molar-refractivity contribution < 1.29 is 8.42 Å². The molecule has 0 heterocycles.